The molecule has 0 saturated heterocycles. The molecule has 2 aromatic carbocycles. The largest absolute Gasteiger partial charge is 0.325 e. The van der Waals surface area contributed by atoms with Crippen LogP contribution in [0.4, 0.5) is 11.4 Å². The zero-order valence-corrected chi connectivity index (χ0v) is 15.0. The van der Waals surface area contributed by atoms with Crippen LogP contribution in [-0.4, -0.2) is 23.3 Å². The average Bonchev–Trinajstić information content (AvgIpc) is 2.52. The van der Waals surface area contributed by atoms with Gasteiger partial charge in [-0.3, -0.25) is 9.59 Å². The second kappa shape index (κ2) is 8.74. The van der Waals surface area contributed by atoms with Crippen LogP contribution in [-0.2, 0) is 9.59 Å². The van der Waals surface area contributed by atoms with E-state index in [2.05, 4.69) is 26.6 Å². The smallest absolute Gasteiger partial charge is 0.234 e. The van der Waals surface area contributed by atoms with Gasteiger partial charge in [0.25, 0.3) is 0 Å². The predicted molar refractivity (Wildman–Crippen MR) is 99.9 cm³/mol. The van der Waals surface area contributed by atoms with Crippen LogP contribution in [0.1, 0.15) is 5.56 Å². The second-order valence-corrected chi connectivity index (χ2v) is 6.86. The second-order valence-electron chi connectivity index (χ2n) is 4.96. The highest BCUT2D eigenvalue weighted by Crippen LogP contribution is 2.14. The van der Waals surface area contributed by atoms with E-state index in [1.54, 1.807) is 0 Å². The fourth-order valence-corrected chi connectivity index (χ4v) is 2.68. The summed E-state index contributed by atoms with van der Waals surface area (Å²) in [5.41, 5.74) is 2.64. The number of nitrogens with one attached hydrogen (secondary N) is 2. The summed E-state index contributed by atoms with van der Waals surface area (Å²) in [6, 6.07) is 14.9. The van der Waals surface area contributed by atoms with Gasteiger partial charge in [0.15, 0.2) is 0 Å². The van der Waals surface area contributed by atoms with Gasteiger partial charge >= 0.3 is 0 Å². The van der Waals surface area contributed by atoms with E-state index in [0.717, 1.165) is 21.4 Å². The Morgan fingerprint density at radius 3 is 1.78 bits per heavy atom. The molecule has 2 aromatic rings. The number of hydrogen-bond donors (Lipinski definition) is 2. The van der Waals surface area contributed by atoms with Gasteiger partial charge < -0.3 is 10.6 Å². The van der Waals surface area contributed by atoms with Crippen LogP contribution in [0.5, 0.6) is 0 Å². The van der Waals surface area contributed by atoms with Crippen molar-refractivity contribution in [2.45, 2.75) is 6.92 Å². The molecule has 0 aliphatic heterocycles. The molecule has 0 saturated carbocycles. The summed E-state index contributed by atoms with van der Waals surface area (Å²) in [5.74, 6) is 0.231. The number of carbonyl (C=O) groups is 2. The monoisotopic (exact) mass is 392 g/mol. The van der Waals surface area contributed by atoms with Crippen LogP contribution in [0.15, 0.2) is 53.0 Å². The Balaban J connectivity index is 1.69. The number of amides is 2. The lowest BCUT2D eigenvalue weighted by Crippen LogP contribution is -2.18. The third-order valence-electron chi connectivity index (χ3n) is 2.93. The quantitative estimate of drug-likeness (QED) is 0.778. The first-order valence-corrected chi connectivity index (χ1v) is 8.97. The van der Waals surface area contributed by atoms with E-state index in [1.807, 2.05) is 55.5 Å². The van der Waals surface area contributed by atoms with Crippen molar-refractivity contribution in [3.63, 3.8) is 0 Å². The van der Waals surface area contributed by atoms with Gasteiger partial charge in [0.2, 0.25) is 11.8 Å². The molecule has 6 heteroatoms. The van der Waals surface area contributed by atoms with Gasteiger partial charge in [0.05, 0.1) is 11.5 Å². The van der Waals surface area contributed by atoms with Crippen molar-refractivity contribution in [1.82, 2.24) is 0 Å². The minimum Gasteiger partial charge on any atom is -0.325 e. The first-order chi connectivity index (χ1) is 11.0. The Kier molecular flexibility index (Phi) is 6.67. The minimum absolute atomic E-state index is 0.115. The molecule has 2 amide bonds. The van der Waals surface area contributed by atoms with Gasteiger partial charge in [-0.05, 0) is 43.3 Å². The molecule has 0 aliphatic rings. The van der Waals surface area contributed by atoms with Gasteiger partial charge in [-0.25, -0.2) is 0 Å². The summed E-state index contributed by atoms with van der Waals surface area (Å²) in [6.45, 7) is 1.99. The van der Waals surface area contributed by atoms with Crippen molar-refractivity contribution >= 4 is 50.9 Å². The highest BCUT2D eigenvalue weighted by Gasteiger charge is 2.06. The Morgan fingerprint density at radius 1 is 0.870 bits per heavy atom. The van der Waals surface area contributed by atoms with Crippen molar-refractivity contribution < 1.29 is 9.59 Å². The number of rotatable bonds is 6. The van der Waals surface area contributed by atoms with E-state index in [1.165, 1.54) is 11.8 Å². The normalized spacial score (nSPS) is 10.2. The van der Waals surface area contributed by atoms with E-state index in [9.17, 15) is 9.59 Å². The SMILES string of the molecule is Cc1ccc(NC(=O)CSCC(=O)Nc2ccc(Br)cc2)cc1. The highest BCUT2D eigenvalue weighted by molar-refractivity contribution is 9.10. The Labute approximate surface area is 148 Å². The fraction of sp³-hybridized carbons (Fsp3) is 0.176. The minimum atomic E-state index is -0.125. The Bertz CT molecular complexity index is 612. The number of thioether (sulfide) groups is 1. The van der Waals surface area contributed by atoms with Crippen LogP contribution in [0, 0.1) is 6.92 Å². The number of hydrogen-bond acceptors (Lipinski definition) is 3. The molecule has 0 heterocycles. The number of aryl methyl sites for hydroxylation is 1. The van der Waals surface area contributed by atoms with E-state index in [4.69, 9.17) is 0 Å². The average molecular weight is 393 g/mol. The molecule has 23 heavy (non-hydrogen) atoms. The maximum Gasteiger partial charge on any atom is 0.234 e. The number of carbonyl (C=O) groups excluding carboxylic acids is 2. The molecule has 4 nitrogen and oxygen atoms in total. The first kappa shape index (κ1) is 17.6. The Hall–Kier alpha value is -1.79. The fourth-order valence-electron chi connectivity index (χ4n) is 1.80. The van der Waals surface area contributed by atoms with Gasteiger partial charge in [-0.2, -0.15) is 0 Å². The summed E-state index contributed by atoms with van der Waals surface area (Å²) in [6.07, 6.45) is 0. The van der Waals surface area contributed by atoms with Gasteiger partial charge in [0.1, 0.15) is 0 Å². The predicted octanol–water partition coefficient (Wildman–Crippen LogP) is 4.07. The molecular formula is C17H17BrN2O2S. The zero-order chi connectivity index (χ0) is 16.7. The van der Waals surface area contributed by atoms with Crippen LogP contribution >= 0.6 is 27.7 Å². The molecule has 2 N–H and O–H groups in total. The Morgan fingerprint density at radius 2 is 1.30 bits per heavy atom. The zero-order valence-electron chi connectivity index (χ0n) is 12.6. The summed E-state index contributed by atoms with van der Waals surface area (Å²) < 4.78 is 0.956. The molecule has 0 bridgehead atoms. The standard InChI is InChI=1S/C17H17BrN2O2S/c1-12-2-6-14(7-3-12)19-16(21)10-23-11-17(22)20-15-8-4-13(18)5-9-15/h2-9H,10-11H2,1H3,(H,19,21)(H,20,22). The van der Waals surface area contributed by atoms with Crippen LogP contribution < -0.4 is 10.6 Å². The van der Waals surface area contributed by atoms with E-state index in [-0.39, 0.29) is 23.3 Å². The third kappa shape index (κ3) is 6.46. The molecule has 0 aliphatic carbocycles. The maximum atomic E-state index is 11.8. The number of benzene rings is 2. The van der Waals surface area contributed by atoms with E-state index >= 15 is 0 Å². The maximum absolute atomic E-state index is 11.8. The highest BCUT2D eigenvalue weighted by atomic mass is 79.9. The molecule has 0 radical (unpaired) electrons. The van der Waals surface area contributed by atoms with Gasteiger partial charge in [-0.1, -0.05) is 33.6 Å². The lowest BCUT2D eigenvalue weighted by atomic mass is 10.2. The molecule has 0 aromatic heterocycles. The molecule has 0 spiro atoms. The third-order valence-corrected chi connectivity index (χ3v) is 4.39. The van der Waals surface area contributed by atoms with Crippen molar-refractivity contribution in [1.29, 1.82) is 0 Å². The molecular weight excluding hydrogens is 376 g/mol. The topological polar surface area (TPSA) is 58.2 Å². The van der Waals surface area contributed by atoms with Gasteiger partial charge in [0, 0.05) is 15.8 Å². The van der Waals surface area contributed by atoms with E-state index in [0.29, 0.717) is 0 Å². The molecule has 0 atom stereocenters. The number of anilines is 2. The summed E-state index contributed by atoms with van der Waals surface area (Å²) in [5, 5.41) is 5.59. The molecule has 0 unspecified atom stereocenters. The van der Waals surface area contributed by atoms with Crippen LogP contribution in [0.2, 0.25) is 0 Å². The summed E-state index contributed by atoms with van der Waals surface area (Å²) in [7, 11) is 0. The van der Waals surface area contributed by atoms with Crippen LogP contribution in [0.3, 0.4) is 0 Å². The molecule has 120 valence electrons. The lowest BCUT2D eigenvalue weighted by molar-refractivity contribution is -0.114. The van der Waals surface area contributed by atoms with E-state index < -0.39 is 0 Å². The first-order valence-electron chi connectivity index (χ1n) is 7.02. The summed E-state index contributed by atoms with van der Waals surface area (Å²) in [4.78, 5) is 23.6. The molecule has 0 fully saturated rings. The summed E-state index contributed by atoms with van der Waals surface area (Å²) >= 11 is 4.62. The van der Waals surface area contributed by atoms with Crippen molar-refractivity contribution in [2.75, 3.05) is 22.1 Å². The number of halogens is 1. The molecule has 2 rings (SSSR count). The van der Waals surface area contributed by atoms with Crippen molar-refractivity contribution in [2.24, 2.45) is 0 Å². The van der Waals surface area contributed by atoms with Crippen LogP contribution in [0.25, 0.3) is 0 Å². The van der Waals surface area contributed by atoms with Gasteiger partial charge in [-0.15, -0.1) is 11.8 Å². The van der Waals surface area contributed by atoms with Crippen molar-refractivity contribution in [3.05, 3.63) is 58.6 Å². The van der Waals surface area contributed by atoms with Crippen molar-refractivity contribution in [3.8, 4) is 0 Å². The lowest BCUT2D eigenvalue weighted by Gasteiger charge is -2.06.